The van der Waals surface area contributed by atoms with Crippen LogP contribution in [-0.2, 0) is 4.79 Å². The second-order valence-corrected chi connectivity index (χ2v) is 4.70. The molecule has 0 radical (unpaired) electrons. The molecule has 0 saturated carbocycles. The van der Waals surface area contributed by atoms with E-state index in [-0.39, 0.29) is 6.04 Å². The molecule has 2 amide bonds. The first-order valence-corrected chi connectivity index (χ1v) is 5.72. The van der Waals surface area contributed by atoms with Gasteiger partial charge in [-0.1, -0.05) is 13.8 Å². The molecule has 0 aromatic heterocycles. The van der Waals surface area contributed by atoms with Gasteiger partial charge in [0.05, 0.1) is 6.10 Å². The van der Waals surface area contributed by atoms with Crippen LogP contribution in [0.1, 0.15) is 34.1 Å². The van der Waals surface area contributed by atoms with E-state index in [1.807, 2.05) is 20.8 Å². The molecule has 6 nitrogen and oxygen atoms in total. The fourth-order valence-electron chi connectivity index (χ4n) is 1.56. The lowest BCUT2D eigenvalue weighted by Crippen LogP contribution is -2.52. The van der Waals surface area contributed by atoms with Gasteiger partial charge in [-0.3, -0.25) is 0 Å². The van der Waals surface area contributed by atoms with E-state index in [1.54, 1.807) is 0 Å². The number of nitrogens with one attached hydrogen (secondary N) is 2. The molecule has 0 aliphatic carbocycles. The summed E-state index contributed by atoms with van der Waals surface area (Å²) in [6.45, 7) is 7.23. The minimum atomic E-state index is -1.29. The van der Waals surface area contributed by atoms with Crippen molar-refractivity contribution in [2.75, 3.05) is 0 Å². The molecule has 0 bridgehead atoms. The minimum absolute atomic E-state index is 0.0431. The van der Waals surface area contributed by atoms with Crippen LogP contribution in [-0.4, -0.2) is 40.4 Å². The Morgan fingerprint density at radius 3 is 2.00 bits per heavy atom. The summed E-state index contributed by atoms with van der Waals surface area (Å²) in [6.07, 6.45) is -0.335. The summed E-state index contributed by atoms with van der Waals surface area (Å²) < 4.78 is 0. The molecule has 0 fully saturated rings. The van der Waals surface area contributed by atoms with E-state index in [1.165, 1.54) is 6.92 Å². The number of carboxylic acid groups (broad SMARTS) is 1. The molecular formula is C11H22N2O4. The molecule has 6 heteroatoms. The van der Waals surface area contributed by atoms with Crippen molar-refractivity contribution in [3.8, 4) is 0 Å². The largest absolute Gasteiger partial charge is 0.480 e. The average Bonchev–Trinajstić information content (AvgIpc) is 2.11. The average molecular weight is 246 g/mol. The zero-order chi connectivity index (χ0) is 13.6. The van der Waals surface area contributed by atoms with Crippen LogP contribution >= 0.6 is 0 Å². The molecule has 0 aliphatic rings. The van der Waals surface area contributed by atoms with E-state index in [0.717, 1.165) is 6.42 Å². The molecule has 0 rings (SSSR count). The third-order valence-electron chi connectivity index (χ3n) is 2.24. The molecule has 4 N–H and O–H groups in total. The van der Waals surface area contributed by atoms with Crippen molar-refractivity contribution in [3.05, 3.63) is 0 Å². The molecule has 0 saturated heterocycles. The zero-order valence-electron chi connectivity index (χ0n) is 10.7. The molecule has 0 heterocycles. The number of rotatable bonds is 6. The van der Waals surface area contributed by atoms with Gasteiger partial charge < -0.3 is 20.8 Å². The molecule has 17 heavy (non-hydrogen) atoms. The number of aliphatic hydroxyl groups excluding tert-OH is 1. The molecule has 0 spiro atoms. The van der Waals surface area contributed by atoms with Crippen LogP contribution in [0.25, 0.3) is 0 Å². The summed E-state index contributed by atoms with van der Waals surface area (Å²) in [7, 11) is 0. The van der Waals surface area contributed by atoms with Gasteiger partial charge >= 0.3 is 12.0 Å². The molecule has 0 aromatic rings. The van der Waals surface area contributed by atoms with E-state index in [9.17, 15) is 14.7 Å². The Hall–Kier alpha value is -1.30. The van der Waals surface area contributed by atoms with Gasteiger partial charge in [-0.25, -0.2) is 9.59 Å². The lowest BCUT2D eigenvalue weighted by molar-refractivity contribution is -0.141. The Bertz CT molecular complexity index is 266. The van der Waals surface area contributed by atoms with Crippen LogP contribution in [0.2, 0.25) is 0 Å². The van der Waals surface area contributed by atoms with Crippen LogP contribution in [0.3, 0.4) is 0 Å². The van der Waals surface area contributed by atoms with Crippen molar-refractivity contribution >= 4 is 12.0 Å². The highest BCUT2D eigenvalue weighted by atomic mass is 16.4. The van der Waals surface area contributed by atoms with Crippen LogP contribution in [0.15, 0.2) is 0 Å². The number of hydrogen-bond acceptors (Lipinski definition) is 3. The molecule has 0 aliphatic heterocycles. The molecule has 100 valence electrons. The highest BCUT2D eigenvalue weighted by Crippen LogP contribution is 2.03. The first-order chi connectivity index (χ1) is 7.73. The first-order valence-electron chi connectivity index (χ1n) is 5.72. The Morgan fingerprint density at radius 1 is 1.12 bits per heavy atom. The third-order valence-corrected chi connectivity index (χ3v) is 2.24. The van der Waals surface area contributed by atoms with Gasteiger partial charge in [0.2, 0.25) is 0 Å². The van der Waals surface area contributed by atoms with Crippen molar-refractivity contribution in [3.63, 3.8) is 0 Å². The number of hydrogen-bond donors (Lipinski definition) is 4. The second-order valence-electron chi connectivity index (χ2n) is 4.70. The van der Waals surface area contributed by atoms with Crippen molar-refractivity contribution < 1.29 is 19.8 Å². The number of aliphatic carboxylic acids is 1. The Morgan fingerprint density at radius 2 is 1.65 bits per heavy atom. The SMILES string of the molecule is CC(C)CC(C)NC(=O)N[C@H](C(=O)O)[C@@H](C)O. The minimum Gasteiger partial charge on any atom is -0.480 e. The number of aliphatic hydroxyl groups is 1. The van der Waals surface area contributed by atoms with Crippen molar-refractivity contribution in [1.29, 1.82) is 0 Å². The van der Waals surface area contributed by atoms with E-state index < -0.39 is 24.1 Å². The normalized spacial score (nSPS) is 16.1. The smallest absolute Gasteiger partial charge is 0.328 e. The van der Waals surface area contributed by atoms with Crippen molar-refractivity contribution in [2.45, 2.75) is 52.3 Å². The van der Waals surface area contributed by atoms with Crippen molar-refractivity contribution in [2.24, 2.45) is 5.92 Å². The zero-order valence-corrected chi connectivity index (χ0v) is 10.7. The Kier molecular flexibility index (Phi) is 6.57. The summed E-state index contributed by atoms with van der Waals surface area (Å²) >= 11 is 0. The number of carbonyl (C=O) groups excluding carboxylic acids is 1. The van der Waals surface area contributed by atoms with Gasteiger partial charge in [0, 0.05) is 6.04 Å². The predicted octanol–water partition coefficient (Wildman–Crippen LogP) is 0.554. The summed E-state index contributed by atoms with van der Waals surface area (Å²) in [4.78, 5) is 22.2. The van der Waals surface area contributed by atoms with E-state index in [2.05, 4.69) is 10.6 Å². The third kappa shape index (κ3) is 6.78. The molecular weight excluding hydrogens is 224 g/mol. The van der Waals surface area contributed by atoms with Crippen LogP contribution in [0, 0.1) is 5.92 Å². The van der Waals surface area contributed by atoms with E-state index in [0.29, 0.717) is 5.92 Å². The molecule has 1 unspecified atom stereocenters. The monoisotopic (exact) mass is 246 g/mol. The molecule has 0 aromatic carbocycles. The van der Waals surface area contributed by atoms with E-state index in [4.69, 9.17) is 5.11 Å². The number of urea groups is 1. The summed E-state index contributed by atoms with van der Waals surface area (Å²) in [5, 5.41) is 22.8. The predicted molar refractivity (Wildman–Crippen MR) is 63.7 cm³/mol. The number of carboxylic acids is 1. The van der Waals surface area contributed by atoms with Gasteiger partial charge in [-0.15, -0.1) is 0 Å². The summed E-state index contributed by atoms with van der Waals surface area (Å²) in [5.41, 5.74) is 0. The lowest BCUT2D eigenvalue weighted by Gasteiger charge is -2.20. The highest BCUT2D eigenvalue weighted by molar-refractivity contribution is 5.83. The fourth-order valence-corrected chi connectivity index (χ4v) is 1.56. The number of amides is 2. The second kappa shape index (κ2) is 7.11. The van der Waals surface area contributed by atoms with E-state index >= 15 is 0 Å². The maximum absolute atomic E-state index is 11.5. The van der Waals surface area contributed by atoms with Gasteiger partial charge in [-0.2, -0.15) is 0 Å². The van der Waals surface area contributed by atoms with Gasteiger partial charge in [0.25, 0.3) is 0 Å². The topological polar surface area (TPSA) is 98.7 Å². The lowest BCUT2D eigenvalue weighted by atomic mass is 10.1. The number of carbonyl (C=O) groups is 2. The quantitative estimate of drug-likeness (QED) is 0.550. The summed E-state index contributed by atoms with van der Waals surface area (Å²) in [6, 6.07) is -1.91. The van der Waals surface area contributed by atoms with Gasteiger partial charge in [0.15, 0.2) is 6.04 Å². The van der Waals surface area contributed by atoms with Crippen LogP contribution < -0.4 is 10.6 Å². The van der Waals surface area contributed by atoms with Crippen LogP contribution in [0.4, 0.5) is 4.79 Å². The Balaban J connectivity index is 4.19. The summed E-state index contributed by atoms with van der Waals surface area (Å²) in [5.74, 6) is -0.816. The first kappa shape index (κ1) is 15.7. The highest BCUT2D eigenvalue weighted by Gasteiger charge is 2.25. The fraction of sp³-hybridized carbons (Fsp3) is 0.818. The maximum Gasteiger partial charge on any atom is 0.328 e. The van der Waals surface area contributed by atoms with Gasteiger partial charge in [0.1, 0.15) is 0 Å². The van der Waals surface area contributed by atoms with Crippen LogP contribution in [0.5, 0.6) is 0 Å². The standard InChI is InChI=1S/C11H22N2O4/c1-6(2)5-7(3)12-11(17)13-9(8(4)14)10(15)16/h6-9,14H,5H2,1-4H3,(H,15,16)(H2,12,13,17)/t7?,8-,9+/m1/s1. The maximum atomic E-state index is 11.5. The molecule has 3 atom stereocenters. The van der Waals surface area contributed by atoms with Gasteiger partial charge in [-0.05, 0) is 26.2 Å². The van der Waals surface area contributed by atoms with Crippen molar-refractivity contribution in [1.82, 2.24) is 10.6 Å². The Labute approximate surface area is 101 Å².